The molecule has 2 aromatic carbocycles. The summed E-state index contributed by atoms with van der Waals surface area (Å²) in [6, 6.07) is 21.2. The van der Waals surface area contributed by atoms with Crippen molar-refractivity contribution in [1.29, 1.82) is 0 Å². The third kappa shape index (κ3) is 7.16. The molecule has 0 unspecified atom stereocenters. The molecule has 0 saturated carbocycles. The molecule has 0 saturated heterocycles. The molecule has 2 amide bonds. The van der Waals surface area contributed by atoms with Crippen LogP contribution in [0, 0.1) is 0 Å². The van der Waals surface area contributed by atoms with E-state index in [-0.39, 0.29) is 12.1 Å². The molecule has 2 N–H and O–H groups in total. The lowest BCUT2D eigenvalue weighted by Gasteiger charge is -2.12. The van der Waals surface area contributed by atoms with E-state index in [9.17, 15) is 4.79 Å². The lowest BCUT2D eigenvalue weighted by Crippen LogP contribution is -2.28. The molecule has 1 heterocycles. The van der Waals surface area contributed by atoms with Crippen LogP contribution in [0.2, 0.25) is 0 Å². The Morgan fingerprint density at radius 2 is 1.86 bits per heavy atom. The number of anilines is 1. The number of nitrogens with one attached hydrogen (secondary N) is 2. The second-order valence-corrected chi connectivity index (χ2v) is 7.77. The number of thioether (sulfide) groups is 1. The Morgan fingerprint density at radius 1 is 1.03 bits per heavy atom. The minimum absolute atomic E-state index is 0.115. The van der Waals surface area contributed by atoms with Gasteiger partial charge < -0.3 is 15.4 Å². The minimum atomic E-state index is -0.241. The molecule has 5 nitrogen and oxygen atoms in total. The largest absolute Gasteiger partial charge is 0.491 e. The molecule has 1 aromatic heterocycles. The normalized spacial score (nSPS) is 10.6. The van der Waals surface area contributed by atoms with Crippen LogP contribution in [0.1, 0.15) is 25.0 Å². The predicted molar refractivity (Wildman–Crippen MR) is 118 cm³/mol. The Bertz CT molecular complexity index is 932. The van der Waals surface area contributed by atoms with Gasteiger partial charge in [-0.3, -0.25) is 0 Å². The summed E-state index contributed by atoms with van der Waals surface area (Å²) in [5.74, 6) is 1.59. The van der Waals surface area contributed by atoms with Crippen LogP contribution in [0.5, 0.6) is 5.75 Å². The first-order valence-corrected chi connectivity index (χ1v) is 10.5. The molecule has 150 valence electrons. The maximum absolute atomic E-state index is 12.3. The zero-order valence-corrected chi connectivity index (χ0v) is 17.4. The second kappa shape index (κ2) is 10.5. The van der Waals surface area contributed by atoms with E-state index in [1.165, 1.54) is 0 Å². The molecule has 0 spiro atoms. The van der Waals surface area contributed by atoms with Gasteiger partial charge in [-0.25, -0.2) is 9.78 Å². The second-order valence-electron chi connectivity index (χ2n) is 6.78. The summed E-state index contributed by atoms with van der Waals surface area (Å²) >= 11 is 1.66. The van der Waals surface area contributed by atoms with Crippen LogP contribution in [-0.4, -0.2) is 17.1 Å². The molecule has 0 aliphatic rings. The number of amides is 2. The van der Waals surface area contributed by atoms with Gasteiger partial charge in [0.15, 0.2) is 0 Å². The molecular weight excluding hydrogens is 382 g/mol. The first kappa shape index (κ1) is 20.7. The quantitative estimate of drug-likeness (QED) is 0.485. The number of rotatable bonds is 8. The molecule has 0 bridgehead atoms. The van der Waals surface area contributed by atoms with E-state index in [0.29, 0.717) is 6.54 Å². The summed E-state index contributed by atoms with van der Waals surface area (Å²) in [6.45, 7) is 4.40. The fraction of sp³-hybridized carbons (Fsp3) is 0.217. The number of carbonyl (C=O) groups is 1. The number of aromatic nitrogens is 1. The van der Waals surface area contributed by atoms with E-state index < -0.39 is 0 Å². The van der Waals surface area contributed by atoms with E-state index in [4.69, 9.17) is 4.74 Å². The van der Waals surface area contributed by atoms with E-state index in [2.05, 4.69) is 15.6 Å². The van der Waals surface area contributed by atoms with Crippen LogP contribution in [0.15, 0.2) is 78.0 Å². The number of urea groups is 1. The maximum Gasteiger partial charge on any atom is 0.319 e. The van der Waals surface area contributed by atoms with Gasteiger partial charge in [0, 0.05) is 24.2 Å². The number of carbonyl (C=O) groups excluding carboxylic acids is 1. The van der Waals surface area contributed by atoms with Crippen LogP contribution in [0.3, 0.4) is 0 Å². The van der Waals surface area contributed by atoms with Crippen LogP contribution in [-0.2, 0) is 12.3 Å². The van der Waals surface area contributed by atoms with Crippen LogP contribution < -0.4 is 15.4 Å². The summed E-state index contributed by atoms with van der Waals surface area (Å²) in [5.41, 5.74) is 2.87. The fourth-order valence-corrected chi connectivity index (χ4v) is 3.49. The average molecular weight is 408 g/mol. The Balaban J connectivity index is 1.50. The summed E-state index contributed by atoms with van der Waals surface area (Å²) < 4.78 is 5.69. The zero-order valence-electron chi connectivity index (χ0n) is 16.6. The first-order chi connectivity index (χ1) is 14.1. The van der Waals surface area contributed by atoms with Gasteiger partial charge in [-0.05, 0) is 61.4 Å². The highest BCUT2D eigenvalue weighted by atomic mass is 32.2. The number of hydrogen-bond acceptors (Lipinski definition) is 4. The smallest absolute Gasteiger partial charge is 0.319 e. The average Bonchev–Trinajstić information content (AvgIpc) is 2.72. The van der Waals surface area contributed by atoms with Crippen molar-refractivity contribution in [3.05, 3.63) is 84.1 Å². The number of hydrogen-bond donors (Lipinski definition) is 2. The molecule has 0 aliphatic carbocycles. The van der Waals surface area contributed by atoms with Crippen molar-refractivity contribution in [2.45, 2.75) is 37.3 Å². The molecule has 0 radical (unpaired) electrons. The van der Waals surface area contributed by atoms with Crippen LogP contribution >= 0.6 is 11.8 Å². The Labute approximate surface area is 175 Å². The monoisotopic (exact) mass is 407 g/mol. The Kier molecular flexibility index (Phi) is 7.53. The predicted octanol–water partition coefficient (Wildman–Crippen LogP) is 5.48. The van der Waals surface area contributed by atoms with Crippen molar-refractivity contribution in [3.8, 4) is 5.75 Å². The molecule has 0 fully saturated rings. The van der Waals surface area contributed by atoms with Gasteiger partial charge in [0.25, 0.3) is 0 Å². The van der Waals surface area contributed by atoms with Crippen molar-refractivity contribution < 1.29 is 9.53 Å². The molecule has 29 heavy (non-hydrogen) atoms. The van der Waals surface area contributed by atoms with Crippen LogP contribution in [0.25, 0.3) is 0 Å². The van der Waals surface area contributed by atoms with Gasteiger partial charge in [0.1, 0.15) is 5.75 Å². The van der Waals surface area contributed by atoms with Crippen molar-refractivity contribution in [2.75, 3.05) is 5.32 Å². The standard InChI is InChI=1S/C23H25N3O2S/c1-17(2)28-21-10-6-7-18(14-21)15-25-23(27)26-20-9-5-8-19(13-20)16-29-22-11-3-4-12-24-22/h3-14,17H,15-16H2,1-2H3,(H2,25,26,27). The van der Waals surface area contributed by atoms with Crippen molar-refractivity contribution in [2.24, 2.45) is 0 Å². The SMILES string of the molecule is CC(C)Oc1cccc(CNC(=O)Nc2cccc(CSc3ccccn3)c2)c1. The van der Waals surface area contributed by atoms with E-state index in [1.807, 2.05) is 80.6 Å². The van der Waals surface area contributed by atoms with Gasteiger partial charge in [0.2, 0.25) is 0 Å². The molecule has 0 atom stereocenters. The lowest BCUT2D eigenvalue weighted by molar-refractivity contribution is 0.242. The highest BCUT2D eigenvalue weighted by molar-refractivity contribution is 7.98. The maximum atomic E-state index is 12.3. The van der Waals surface area contributed by atoms with Gasteiger partial charge in [-0.2, -0.15) is 0 Å². The summed E-state index contributed by atoms with van der Waals surface area (Å²) in [4.78, 5) is 16.6. The number of ether oxygens (including phenoxy) is 1. The zero-order chi connectivity index (χ0) is 20.5. The van der Waals surface area contributed by atoms with Crippen molar-refractivity contribution >= 4 is 23.5 Å². The van der Waals surface area contributed by atoms with Crippen LogP contribution in [0.4, 0.5) is 10.5 Å². The Morgan fingerprint density at radius 3 is 2.66 bits per heavy atom. The summed E-state index contributed by atoms with van der Waals surface area (Å²) in [5, 5.41) is 6.75. The van der Waals surface area contributed by atoms with E-state index in [1.54, 1.807) is 18.0 Å². The van der Waals surface area contributed by atoms with Gasteiger partial charge >= 0.3 is 6.03 Å². The molecule has 6 heteroatoms. The van der Waals surface area contributed by atoms with E-state index >= 15 is 0 Å². The summed E-state index contributed by atoms with van der Waals surface area (Å²) in [6.07, 6.45) is 1.90. The molecule has 3 aromatic rings. The molecular formula is C23H25N3O2S. The fourth-order valence-electron chi connectivity index (χ4n) is 2.69. The summed E-state index contributed by atoms with van der Waals surface area (Å²) in [7, 11) is 0. The molecule has 3 rings (SSSR count). The van der Waals surface area contributed by atoms with Crippen molar-refractivity contribution in [3.63, 3.8) is 0 Å². The number of benzene rings is 2. The lowest BCUT2D eigenvalue weighted by atomic mass is 10.2. The molecule has 0 aliphatic heterocycles. The number of nitrogens with zero attached hydrogens (tertiary/aromatic N) is 1. The third-order valence-corrected chi connectivity index (χ3v) is 4.95. The third-order valence-electron chi connectivity index (χ3n) is 3.93. The van der Waals surface area contributed by atoms with E-state index in [0.717, 1.165) is 33.3 Å². The van der Waals surface area contributed by atoms with Gasteiger partial charge in [-0.1, -0.05) is 30.3 Å². The highest BCUT2D eigenvalue weighted by Crippen LogP contribution is 2.22. The Hall–Kier alpha value is -2.99. The first-order valence-electron chi connectivity index (χ1n) is 9.52. The highest BCUT2D eigenvalue weighted by Gasteiger charge is 2.05. The topological polar surface area (TPSA) is 63.2 Å². The van der Waals surface area contributed by atoms with Crippen molar-refractivity contribution in [1.82, 2.24) is 10.3 Å². The number of pyridine rings is 1. The van der Waals surface area contributed by atoms with Gasteiger partial charge in [0.05, 0.1) is 11.1 Å². The minimum Gasteiger partial charge on any atom is -0.491 e. The van der Waals surface area contributed by atoms with Gasteiger partial charge in [-0.15, -0.1) is 11.8 Å².